The van der Waals surface area contributed by atoms with Crippen molar-refractivity contribution >= 4 is 5.91 Å². The lowest BCUT2D eigenvalue weighted by atomic mass is 9.82. The first kappa shape index (κ1) is 11.8. The minimum Gasteiger partial charge on any atom is -0.459 e. The fourth-order valence-corrected chi connectivity index (χ4v) is 3.15. The molecule has 1 aromatic rings. The van der Waals surface area contributed by atoms with Gasteiger partial charge in [0.25, 0.3) is 5.91 Å². The van der Waals surface area contributed by atoms with Crippen LogP contribution in [0.3, 0.4) is 0 Å². The molecular formula is C14H19NO3. The van der Waals surface area contributed by atoms with E-state index in [2.05, 4.69) is 5.32 Å². The zero-order valence-electron chi connectivity index (χ0n) is 10.5. The van der Waals surface area contributed by atoms with E-state index in [1.54, 1.807) is 12.1 Å². The highest BCUT2D eigenvalue weighted by atomic mass is 16.5. The van der Waals surface area contributed by atoms with Gasteiger partial charge in [-0.2, -0.15) is 0 Å². The first-order valence-electron chi connectivity index (χ1n) is 6.76. The monoisotopic (exact) mass is 249 g/mol. The first-order chi connectivity index (χ1) is 8.77. The Labute approximate surface area is 107 Å². The summed E-state index contributed by atoms with van der Waals surface area (Å²) in [6.07, 6.45) is 8.55. The van der Waals surface area contributed by atoms with Gasteiger partial charge in [-0.3, -0.25) is 4.79 Å². The Morgan fingerprint density at radius 2 is 2.17 bits per heavy atom. The van der Waals surface area contributed by atoms with Gasteiger partial charge in [0.1, 0.15) is 0 Å². The number of carbonyl (C=O) groups excluding carboxylic acids is 1. The van der Waals surface area contributed by atoms with Crippen LogP contribution in [0, 0.1) is 0 Å². The van der Waals surface area contributed by atoms with E-state index < -0.39 is 0 Å². The molecule has 1 amide bonds. The molecule has 1 unspecified atom stereocenters. The molecule has 4 nitrogen and oxygen atoms in total. The lowest BCUT2D eigenvalue weighted by Crippen LogP contribution is -2.37. The Kier molecular flexibility index (Phi) is 3.12. The van der Waals surface area contributed by atoms with Crippen LogP contribution in [-0.2, 0) is 4.74 Å². The van der Waals surface area contributed by atoms with Crippen molar-refractivity contribution in [2.75, 3.05) is 6.61 Å². The fourth-order valence-electron chi connectivity index (χ4n) is 3.15. The summed E-state index contributed by atoms with van der Waals surface area (Å²) in [5.41, 5.74) is 0.0410. The Morgan fingerprint density at radius 1 is 1.33 bits per heavy atom. The number of furan rings is 1. The van der Waals surface area contributed by atoms with Gasteiger partial charge in [0.15, 0.2) is 5.76 Å². The smallest absolute Gasteiger partial charge is 0.287 e. The Balaban J connectivity index is 1.57. The van der Waals surface area contributed by atoms with E-state index in [1.807, 2.05) is 0 Å². The average molecular weight is 249 g/mol. The van der Waals surface area contributed by atoms with Crippen LogP contribution in [0.1, 0.15) is 49.1 Å². The fraction of sp³-hybridized carbons (Fsp3) is 0.643. The molecule has 1 aliphatic heterocycles. The van der Waals surface area contributed by atoms with Crippen LogP contribution in [0.4, 0.5) is 0 Å². The van der Waals surface area contributed by atoms with Crippen LogP contribution in [0.5, 0.6) is 0 Å². The van der Waals surface area contributed by atoms with Crippen LogP contribution in [0.2, 0.25) is 0 Å². The van der Waals surface area contributed by atoms with Crippen molar-refractivity contribution in [2.24, 2.45) is 0 Å². The quantitative estimate of drug-likeness (QED) is 0.876. The second-order valence-corrected chi connectivity index (χ2v) is 5.41. The van der Waals surface area contributed by atoms with Gasteiger partial charge in [0.2, 0.25) is 0 Å². The number of amides is 1. The summed E-state index contributed by atoms with van der Waals surface area (Å²) in [5, 5.41) is 3.00. The van der Waals surface area contributed by atoms with Crippen molar-refractivity contribution in [1.29, 1.82) is 0 Å². The maximum absolute atomic E-state index is 11.9. The summed E-state index contributed by atoms with van der Waals surface area (Å²) in [7, 11) is 0. The molecule has 4 heteroatoms. The standard InChI is InChI=1S/C14H19NO3/c16-13(12-5-4-8-17-12)15-11-9-14(18-10-11)6-2-1-3-7-14/h4-5,8,11H,1-3,6-7,9-10H2,(H,15,16). The molecule has 1 saturated heterocycles. The maximum atomic E-state index is 11.9. The molecule has 0 radical (unpaired) electrons. The van der Waals surface area contributed by atoms with E-state index in [4.69, 9.17) is 9.15 Å². The van der Waals surface area contributed by atoms with E-state index in [-0.39, 0.29) is 17.6 Å². The normalized spacial score (nSPS) is 26.3. The summed E-state index contributed by atoms with van der Waals surface area (Å²) >= 11 is 0. The highest BCUT2D eigenvalue weighted by Gasteiger charge is 2.41. The van der Waals surface area contributed by atoms with Crippen molar-refractivity contribution in [1.82, 2.24) is 5.32 Å². The number of hydrogen-bond donors (Lipinski definition) is 1. The number of carbonyl (C=O) groups is 1. The molecule has 98 valence electrons. The Bertz CT molecular complexity index is 407. The summed E-state index contributed by atoms with van der Waals surface area (Å²) in [5.74, 6) is 0.237. The molecule has 2 aliphatic rings. The molecule has 2 fully saturated rings. The van der Waals surface area contributed by atoms with E-state index in [9.17, 15) is 4.79 Å². The molecular weight excluding hydrogens is 230 g/mol. The lowest BCUT2D eigenvalue weighted by molar-refractivity contribution is -0.0246. The van der Waals surface area contributed by atoms with Crippen molar-refractivity contribution < 1.29 is 13.9 Å². The van der Waals surface area contributed by atoms with Crippen LogP contribution < -0.4 is 5.32 Å². The zero-order valence-corrected chi connectivity index (χ0v) is 10.5. The second kappa shape index (κ2) is 4.76. The largest absolute Gasteiger partial charge is 0.459 e. The van der Waals surface area contributed by atoms with Gasteiger partial charge in [0.05, 0.1) is 24.5 Å². The molecule has 0 bridgehead atoms. The number of rotatable bonds is 2. The summed E-state index contributed by atoms with van der Waals surface area (Å²) in [6, 6.07) is 3.53. The predicted octanol–water partition coefficient (Wildman–Crippen LogP) is 2.50. The van der Waals surface area contributed by atoms with Gasteiger partial charge in [0, 0.05) is 0 Å². The molecule has 1 aromatic heterocycles. The molecule has 0 aromatic carbocycles. The van der Waals surface area contributed by atoms with Crippen molar-refractivity contribution in [2.45, 2.75) is 50.2 Å². The van der Waals surface area contributed by atoms with Gasteiger partial charge >= 0.3 is 0 Å². The minimum absolute atomic E-state index is 0.0410. The second-order valence-electron chi connectivity index (χ2n) is 5.41. The van der Waals surface area contributed by atoms with E-state index in [0.717, 1.165) is 19.3 Å². The summed E-state index contributed by atoms with van der Waals surface area (Å²) in [6.45, 7) is 0.631. The highest BCUT2D eigenvalue weighted by Crippen LogP contribution is 2.39. The number of hydrogen-bond acceptors (Lipinski definition) is 3. The van der Waals surface area contributed by atoms with Gasteiger partial charge in [-0.05, 0) is 31.4 Å². The first-order valence-corrected chi connectivity index (χ1v) is 6.76. The topological polar surface area (TPSA) is 51.5 Å². The van der Waals surface area contributed by atoms with Crippen LogP contribution in [-0.4, -0.2) is 24.2 Å². The van der Waals surface area contributed by atoms with Crippen LogP contribution in [0.25, 0.3) is 0 Å². The van der Waals surface area contributed by atoms with Gasteiger partial charge in [-0.1, -0.05) is 19.3 Å². The highest BCUT2D eigenvalue weighted by molar-refractivity contribution is 5.91. The van der Waals surface area contributed by atoms with Gasteiger partial charge in [-0.25, -0.2) is 0 Å². The number of nitrogens with one attached hydrogen (secondary N) is 1. The molecule has 18 heavy (non-hydrogen) atoms. The van der Waals surface area contributed by atoms with Crippen molar-refractivity contribution in [3.05, 3.63) is 24.2 Å². The third-order valence-corrected chi connectivity index (χ3v) is 4.05. The van der Waals surface area contributed by atoms with Crippen molar-refractivity contribution in [3.8, 4) is 0 Å². The predicted molar refractivity (Wildman–Crippen MR) is 66.3 cm³/mol. The van der Waals surface area contributed by atoms with Crippen LogP contribution in [0.15, 0.2) is 22.8 Å². The number of ether oxygens (including phenoxy) is 1. The molecule has 1 aliphatic carbocycles. The zero-order chi connectivity index (χ0) is 12.4. The molecule has 1 saturated carbocycles. The Hall–Kier alpha value is -1.29. The molecule has 1 N–H and O–H groups in total. The molecule has 2 heterocycles. The third kappa shape index (κ3) is 2.29. The molecule has 3 rings (SSSR count). The SMILES string of the molecule is O=C(NC1COC2(CCCCC2)C1)c1ccco1. The molecule has 1 atom stereocenters. The van der Waals surface area contributed by atoms with Gasteiger partial charge in [-0.15, -0.1) is 0 Å². The van der Waals surface area contributed by atoms with E-state index in [1.165, 1.54) is 25.5 Å². The minimum atomic E-state index is -0.138. The molecule has 1 spiro atoms. The lowest BCUT2D eigenvalue weighted by Gasteiger charge is -2.32. The summed E-state index contributed by atoms with van der Waals surface area (Å²) in [4.78, 5) is 11.9. The third-order valence-electron chi connectivity index (χ3n) is 4.05. The van der Waals surface area contributed by atoms with Gasteiger partial charge < -0.3 is 14.5 Å². The Morgan fingerprint density at radius 3 is 2.89 bits per heavy atom. The van der Waals surface area contributed by atoms with E-state index >= 15 is 0 Å². The van der Waals surface area contributed by atoms with Crippen LogP contribution >= 0.6 is 0 Å². The van der Waals surface area contributed by atoms with E-state index in [0.29, 0.717) is 12.4 Å². The average Bonchev–Trinajstić information content (AvgIpc) is 3.01. The summed E-state index contributed by atoms with van der Waals surface area (Å²) < 4.78 is 11.1. The van der Waals surface area contributed by atoms with Crippen molar-refractivity contribution in [3.63, 3.8) is 0 Å². The maximum Gasteiger partial charge on any atom is 0.287 e.